The van der Waals surface area contributed by atoms with Gasteiger partial charge in [-0.25, -0.2) is 19.2 Å². The lowest BCUT2D eigenvalue weighted by molar-refractivity contribution is -0.383. The molecule has 45 heteroatoms. The van der Waals surface area contributed by atoms with Gasteiger partial charge < -0.3 is 138 Å². The van der Waals surface area contributed by atoms with Crippen LogP contribution < -0.4 is 0 Å². The molecule has 748 valence electrons. The van der Waals surface area contributed by atoms with Crippen LogP contribution in [-0.2, 0) is 161 Å². The van der Waals surface area contributed by atoms with Crippen LogP contribution in [0, 0.1) is 0 Å². The van der Waals surface area contributed by atoms with Crippen LogP contribution in [0.3, 0.4) is 0 Å². The summed E-state index contributed by atoms with van der Waals surface area (Å²) >= 11 is 0. The zero-order valence-electron chi connectivity index (χ0n) is 78.2. The number of esters is 7. The number of aliphatic hydroxyl groups is 2. The molecule has 3 aromatic carbocycles. The Hall–Kier alpha value is -9.00. The molecule has 0 saturated carbocycles. The largest absolute Gasteiger partial charge is 0.467 e. The van der Waals surface area contributed by atoms with Crippen molar-refractivity contribution < 1.29 is 172 Å². The van der Waals surface area contributed by atoms with E-state index in [4.69, 9.17) is 128 Å². The molecule has 0 spiro atoms. The Morgan fingerprint density at radius 2 is 0.711 bits per heavy atom. The van der Waals surface area contributed by atoms with E-state index in [2.05, 4.69) is 30.1 Å². The van der Waals surface area contributed by atoms with Crippen LogP contribution in [0.4, 0.5) is 0 Å². The number of rotatable bonds is 51. The normalized spacial score (nSPS) is 32.4. The van der Waals surface area contributed by atoms with Gasteiger partial charge in [0.25, 0.3) is 0 Å². The molecule has 7 aliphatic rings. The molecule has 6 fully saturated rings. The van der Waals surface area contributed by atoms with E-state index in [0.717, 1.165) is 64.4 Å². The van der Waals surface area contributed by atoms with E-state index >= 15 is 4.79 Å². The molecule has 0 bridgehead atoms. The molecular formula is C90H127N9O36. The first-order valence-corrected chi connectivity index (χ1v) is 45.4. The van der Waals surface area contributed by atoms with E-state index in [1.54, 1.807) is 30.3 Å². The number of nitrogens with zero attached hydrogens (tertiary/aromatic N) is 9. The third kappa shape index (κ3) is 27.3. The van der Waals surface area contributed by atoms with Gasteiger partial charge in [0.2, 0.25) is 0 Å². The van der Waals surface area contributed by atoms with E-state index in [0.29, 0.717) is 64.2 Å². The summed E-state index contributed by atoms with van der Waals surface area (Å²) in [5.41, 5.74) is 35.3. The number of carbonyl (C=O) groups excluding carboxylic acids is 7. The van der Waals surface area contributed by atoms with Gasteiger partial charge in [0.1, 0.15) is 98.0 Å². The van der Waals surface area contributed by atoms with Gasteiger partial charge in [-0.1, -0.05) is 161 Å². The number of hydrogen-bond acceptors (Lipinski definition) is 39. The minimum absolute atomic E-state index is 0.0704. The quantitative estimate of drug-likeness (QED) is 0.0134. The molecule has 6 saturated heterocycles. The molecule has 2 N–H and O–H groups in total. The Morgan fingerprint density at radius 1 is 0.378 bits per heavy atom. The molecule has 6 heterocycles. The molecular weight excluding hydrogens is 1780 g/mol. The van der Waals surface area contributed by atoms with E-state index < -0.39 is 251 Å². The van der Waals surface area contributed by atoms with Gasteiger partial charge in [0.05, 0.1) is 59.5 Å². The van der Waals surface area contributed by atoms with Crippen molar-refractivity contribution in [1.29, 1.82) is 0 Å². The lowest BCUT2D eigenvalue weighted by Gasteiger charge is -2.52. The molecule has 6 aliphatic heterocycles. The van der Waals surface area contributed by atoms with Crippen LogP contribution in [0.5, 0.6) is 0 Å². The molecule has 0 amide bonds. The number of ether oxygens (including phenoxy) is 27. The van der Waals surface area contributed by atoms with Crippen molar-refractivity contribution in [2.45, 2.75) is 316 Å². The van der Waals surface area contributed by atoms with E-state index in [1.165, 1.54) is 21.3 Å². The van der Waals surface area contributed by atoms with Crippen molar-refractivity contribution in [3.05, 3.63) is 127 Å². The van der Waals surface area contributed by atoms with Crippen molar-refractivity contribution >= 4 is 41.8 Å². The fourth-order valence-electron chi connectivity index (χ4n) is 17.2. The lowest BCUT2D eigenvalue weighted by Crippen LogP contribution is -2.69. The van der Waals surface area contributed by atoms with Crippen molar-refractivity contribution in [2.75, 3.05) is 102 Å². The Morgan fingerprint density at radius 3 is 1.08 bits per heavy atom. The fourth-order valence-corrected chi connectivity index (χ4v) is 17.2. The average molecular weight is 1910 g/mol. The predicted octanol–water partition coefficient (Wildman–Crippen LogP) is 8.31. The Balaban J connectivity index is 0.989. The maximum Gasteiger partial charge on any atom is 0.339 e. The summed E-state index contributed by atoms with van der Waals surface area (Å²) in [6.07, 6.45) is -44.4. The summed E-state index contributed by atoms with van der Waals surface area (Å²) in [5.74, 6) is -7.67. The van der Waals surface area contributed by atoms with Gasteiger partial charge in [0, 0.05) is 95.8 Å². The molecule has 13 unspecified atom stereocenters. The molecule has 1 aliphatic carbocycles. The highest BCUT2D eigenvalue weighted by Gasteiger charge is 2.63. The molecule has 10 rings (SSSR count). The van der Waals surface area contributed by atoms with Crippen LogP contribution >= 0.6 is 0 Å². The minimum Gasteiger partial charge on any atom is -0.467 e. The smallest absolute Gasteiger partial charge is 0.339 e. The maximum atomic E-state index is 15.0. The van der Waals surface area contributed by atoms with Crippen molar-refractivity contribution in [1.82, 2.24) is 0 Å². The number of methoxy groups -OCH3 is 6. The second-order valence-corrected chi connectivity index (χ2v) is 32.9. The topological polar surface area (TPSA) is 555 Å². The lowest BCUT2D eigenvalue weighted by atomic mass is 9.93. The number of benzene rings is 3. The van der Waals surface area contributed by atoms with Crippen LogP contribution in [0.1, 0.15) is 148 Å². The minimum atomic E-state index is -2.13. The predicted molar refractivity (Wildman–Crippen MR) is 464 cm³/mol. The van der Waals surface area contributed by atoms with Crippen LogP contribution in [0.15, 0.2) is 94.2 Å². The Kier molecular flexibility index (Phi) is 43.5. The zero-order valence-corrected chi connectivity index (χ0v) is 78.2. The highest BCUT2D eigenvalue weighted by Crippen LogP contribution is 2.47. The molecule has 0 aromatic heterocycles. The molecule has 3 aromatic rings. The first-order chi connectivity index (χ1) is 65.4. The first kappa shape index (κ1) is 108. The number of fused-ring (bicyclic) bond motifs is 3. The second-order valence-electron chi connectivity index (χ2n) is 32.9. The Labute approximate surface area is 781 Å². The monoisotopic (exact) mass is 1910 g/mol. The average Bonchev–Trinajstić information content (AvgIpc) is 1.61. The maximum absolute atomic E-state index is 15.0. The third-order valence-electron chi connectivity index (χ3n) is 23.6. The van der Waals surface area contributed by atoms with Gasteiger partial charge in [-0.15, -0.1) is 0 Å². The zero-order chi connectivity index (χ0) is 97.4. The summed E-state index contributed by atoms with van der Waals surface area (Å²) in [5, 5.41) is 36.3. The number of aliphatic hydroxyl groups excluding tert-OH is 2. The Bertz CT molecular complexity index is 4360. The van der Waals surface area contributed by atoms with Gasteiger partial charge in [-0.3, -0.25) is 14.4 Å². The standard InChI is InChI=1S/C90H127N9O36/c1-15-20-38-115-67-59(94-97-91)81(104)124-56(44-109-9)64(67)129-89-79(122-48(7)101)72(118-41-23-18-4)74(77(134-89)83(106)113-13)132-87-61(96-99-93)69(117-40-22-17-3)66(58(126-87)46-111-11)130-90-80(123-49(8)102)73(119-42-24-19-5)75(78(135-90)84(107)114-14)131-86-60(95-98-92)68(116-39-21-16-2)65(57(125-86)45-110-10)128-88-71(121-47(6)100)62(103)70(76(133-88)82(105)112-12)127-63(50-32-26-25-27-33-50)85(108)120-43-55-53-36-30-28-34-51(53)52-35-29-31-37-54(52)55/h25-37,55-81,86-90,103-104H,15-24,38-46H2,1-14H3/t56-,57-,58?,59?,60?,61?,62?,63?,64+,65+,66+,67?,68?,69+,70-,71?,72?,73?,74-,75-,76+,77+,78?,79?,80-,81-,86+,87+,88+,89+,90+/m0/s1. The summed E-state index contributed by atoms with van der Waals surface area (Å²) in [6, 6.07) is 18.6. The van der Waals surface area contributed by atoms with Crippen LogP contribution in [0.25, 0.3) is 42.5 Å². The third-order valence-corrected chi connectivity index (χ3v) is 23.6. The summed E-state index contributed by atoms with van der Waals surface area (Å²) in [7, 11) is 7.08. The van der Waals surface area contributed by atoms with Gasteiger partial charge in [-0.2, -0.15) is 0 Å². The summed E-state index contributed by atoms with van der Waals surface area (Å²) < 4.78 is 171. The number of azide groups is 3. The van der Waals surface area contributed by atoms with Crippen LogP contribution in [0.2, 0.25) is 0 Å². The summed E-state index contributed by atoms with van der Waals surface area (Å²) in [4.78, 5) is 109. The highest BCUT2D eigenvalue weighted by molar-refractivity contribution is 5.81. The number of hydrogen-bond donors (Lipinski definition) is 2. The van der Waals surface area contributed by atoms with Gasteiger partial charge in [-0.05, 0) is 76.5 Å². The fraction of sp³-hybridized carbons (Fsp3) is 0.722. The molecule has 135 heavy (non-hydrogen) atoms. The molecule has 45 nitrogen and oxygen atoms in total. The molecule has 31 atom stereocenters. The van der Waals surface area contributed by atoms with Gasteiger partial charge in [0.15, 0.2) is 80.5 Å². The molecule has 0 radical (unpaired) electrons. The van der Waals surface area contributed by atoms with E-state index in [9.17, 15) is 55.6 Å². The number of carbonyl (C=O) groups is 7. The van der Waals surface area contributed by atoms with Crippen LogP contribution in [-0.4, -0.2) is 338 Å². The summed E-state index contributed by atoms with van der Waals surface area (Å²) in [6.45, 7) is 10.8. The first-order valence-electron chi connectivity index (χ1n) is 45.4. The second kappa shape index (κ2) is 54.4. The van der Waals surface area contributed by atoms with Crippen molar-refractivity contribution in [2.24, 2.45) is 15.3 Å². The van der Waals surface area contributed by atoms with E-state index in [1.807, 2.05) is 83.1 Å². The van der Waals surface area contributed by atoms with E-state index in [-0.39, 0.29) is 51.8 Å². The van der Waals surface area contributed by atoms with Crippen molar-refractivity contribution in [3.8, 4) is 11.1 Å². The van der Waals surface area contributed by atoms with Crippen molar-refractivity contribution in [3.63, 3.8) is 0 Å². The van der Waals surface area contributed by atoms with Gasteiger partial charge >= 0.3 is 41.8 Å². The highest BCUT2D eigenvalue weighted by atomic mass is 16.8. The SMILES string of the molecule is CCCCOC1[C@H](O[C@H]2O[C@@H](COC)[C@@H](O[C@@H]3O[C@@H](C(=O)OC)[C@@H](OC(C(=O)OCC4c5ccccc5-c5ccccc54)c4ccccc4)C(O)C3OC(C)=O)C(OCCCC)C2N=[N+]=[N-])C(C(=O)OC)O[C@@H](O[C@@H]2C(COC)O[C@H](O[C@H]3C(OCCCC)C(OC(C)=O)[C@H](O[C@H]4C(OCCCC)C(N=[N+]=[N-])[C@@H](O)O[C@H]4COC)O[C@H]3C(=O)OC)C(N=[N+]=[N-])[C@H]2OCCCC)[C@H]1OC(C)=O. The number of unbranched alkanes of at least 4 members (excludes halogenated alkanes) is 5.